The number of hydrogen-bond acceptors (Lipinski definition) is 3. The van der Waals surface area contributed by atoms with Gasteiger partial charge in [-0.05, 0) is 30.5 Å². The monoisotopic (exact) mass is 235 g/mol. The Hall–Kier alpha value is -1.06. The van der Waals surface area contributed by atoms with E-state index in [1.807, 2.05) is 19.1 Å². The van der Waals surface area contributed by atoms with Gasteiger partial charge in [0.05, 0.1) is 18.8 Å². The van der Waals surface area contributed by atoms with Crippen LogP contribution in [0.4, 0.5) is 5.69 Å². The van der Waals surface area contributed by atoms with Crippen LogP contribution >= 0.6 is 0 Å². The largest absolute Gasteiger partial charge is 0.388 e. The summed E-state index contributed by atoms with van der Waals surface area (Å²) in [5, 5.41) is 9.74. The first-order chi connectivity index (χ1) is 8.22. The van der Waals surface area contributed by atoms with Gasteiger partial charge in [0.25, 0.3) is 0 Å². The number of aliphatic hydroxyl groups is 1. The molecule has 3 nitrogen and oxygen atoms in total. The molecule has 1 N–H and O–H groups in total. The number of rotatable bonds is 4. The van der Waals surface area contributed by atoms with Crippen molar-refractivity contribution in [2.45, 2.75) is 31.9 Å². The molecule has 0 amide bonds. The maximum absolute atomic E-state index is 9.74. The summed E-state index contributed by atoms with van der Waals surface area (Å²) in [5.41, 5.74) is 2.18. The molecule has 1 saturated heterocycles. The van der Waals surface area contributed by atoms with Crippen LogP contribution in [0.15, 0.2) is 24.3 Å². The fraction of sp³-hybridized carbons (Fsp3) is 0.571. The fourth-order valence-electron chi connectivity index (χ4n) is 2.21. The Labute approximate surface area is 103 Å². The maximum Gasteiger partial charge on any atom is 0.0787 e. The summed E-state index contributed by atoms with van der Waals surface area (Å²) in [6.07, 6.45) is 1.51. The van der Waals surface area contributed by atoms with Crippen molar-refractivity contribution >= 4 is 5.69 Å². The van der Waals surface area contributed by atoms with Crippen molar-refractivity contribution in [3.05, 3.63) is 29.8 Å². The van der Waals surface area contributed by atoms with Gasteiger partial charge in [-0.15, -0.1) is 0 Å². The number of aliphatic hydroxyl groups excluding tert-OH is 1. The van der Waals surface area contributed by atoms with Gasteiger partial charge in [-0.2, -0.15) is 0 Å². The van der Waals surface area contributed by atoms with E-state index in [1.165, 1.54) is 5.69 Å². The minimum Gasteiger partial charge on any atom is -0.388 e. The Kier molecular flexibility index (Phi) is 4.02. The van der Waals surface area contributed by atoms with E-state index in [0.717, 1.165) is 31.6 Å². The highest BCUT2D eigenvalue weighted by Gasteiger charge is 2.20. The van der Waals surface area contributed by atoms with Gasteiger partial charge in [0.15, 0.2) is 0 Å². The number of ether oxygens (including phenoxy) is 1. The summed E-state index contributed by atoms with van der Waals surface area (Å²) in [6, 6.07) is 8.65. The quantitative estimate of drug-likeness (QED) is 0.869. The second-order valence-electron chi connectivity index (χ2n) is 4.64. The number of benzene rings is 1. The lowest BCUT2D eigenvalue weighted by Gasteiger charge is -2.25. The van der Waals surface area contributed by atoms with Crippen LogP contribution in [-0.2, 0) is 4.74 Å². The average molecular weight is 235 g/mol. The molecule has 1 aliphatic rings. The molecular weight excluding hydrogens is 214 g/mol. The Morgan fingerprint density at radius 1 is 1.41 bits per heavy atom. The molecule has 3 heteroatoms. The highest BCUT2D eigenvalue weighted by molar-refractivity contribution is 5.48. The van der Waals surface area contributed by atoms with Crippen LogP contribution in [0.5, 0.6) is 0 Å². The highest BCUT2D eigenvalue weighted by Crippen LogP contribution is 2.23. The molecule has 1 unspecified atom stereocenters. The van der Waals surface area contributed by atoms with Gasteiger partial charge < -0.3 is 14.7 Å². The van der Waals surface area contributed by atoms with Crippen LogP contribution in [0.3, 0.4) is 0 Å². The summed E-state index contributed by atoms with van der Waals surface area (Å²) in [4.78, 5) is 2.26. The maximum atomic E-state index is 9.74. The predicted molar refractivity (Wildman–Crippen MR) is 69.3 cm³/mol. The first-order valence-corrected chi connectivity index (χ1v) is 6.31. The van der Waals surface area contributed by atoms with Gasteiger partial charge >= 0.3 is 0 Å². The zero-order valence-corrected chi connectivity index (χ0v) is 10.6. The molecule has 0 radical (unpaired) electrons. The average Bonchev–Trinajstić information content (AvgIpc) is 2.91. The lowest BCUT2D eigenvalue weighted by atomic mass is 10.1. The van der Waals surface area contributed by atoms with Crippen molar-refractivity contribution in [2.24, 2.45) is 0 Å². The number of hydrogen-bond donors (Lipinski definition) is 1. The smallest absolute Gasteiger partial charge is 0.0787 e. The lowest BCUT2D eigenvalue weighted by molar-refractivity contribution is 0.173. The molecule has 0 aromatic heterocycles. The van der Waals surface area contributed by atoms with E-state index >= 15 is 0 Å². The van der Waals surface area contributed by atoms with Gasteiger partial charge in [-0.25, -0.2) is 0 Å². The van der Waals surface area contributed by atoms with Gasteiger partial charge in [0, 0.05) is 19.3 Å². The summed E-state index contributed by atoms with van der Waals surface area (Å²) in [7, 11) is 2.10. The molecular formula is C14H21NO2. The van der Waals surface area contributed by atoms with Crippen LogP contribution < -0.4 is 4.90 Å². The Balaban J connectivity index is 2.06. The zero-order chi connectivity index (χ0) is 12.3. The molecule has 2 rings (SSSR count). The third-order valence-electron chi connectivity index (χ3n) is 3.53. The lowest BCUT2D eigenvalue weighted by Crippen LogP contribution is -2.31. The van der Waals surface area contributed by atoms with Gasteiger partial charge in [-0.3, -0.25) is 0 Å². The summed E-state index contributed by atoms with van der Waals surface area (Å²) in [5.74, 6) is 0. The van der Waals surface area contributed by atoms with Gasteiger partial charge in [-0.1, -0.05) is 19.1 Å². The van der Waals surface area contributed by atoms with E-state index in [2.05, 4.69) is 24.1 Å². The summed E-state index contributed by atoms with van der Waals surface area (Å²) >= 11 is 0. The van der Waals surface area contributed by atoms with E-state index in [9.17, 15) is 5.11 Å². The van der Waals surface area contributed by atoms with Gasteiger partial charge in [0.1, 0.15) is 0 Å². The standard InChI is InChI=1S/C14H21NO2/c1-3-14(16)11-4-6-12(7-5-11)15(2)13-8-9-17-10-13/h4-7,13-14,16H,3,8-10H2,1-2H3/t13?,14-/m1/s1. The number of likely N-dealkylation sites (N-methyl/N-ethyl adjacent to an activating group) is 1. The first kappa shape index (κ1) is 12.4. The summed E-state index contributed by atoms with van der Waals surface area (Å²) in [6.45, 7) is 3.66. The molecule has 1 heterocycles. The van der Waals surface area contributed by atoms with Crippen molar-refractivity contribution in [1.29, 1.82) is 0 Å². The van der Waals surface area contributed by atoms with E-state index in [0.29, 0.717) is 6.04 Å². The van der Waals surface area contributed by atoms with Crippen molar-refractivity contribution in [1.82, 2.24) is 0 Å². The normalized spacial score (nSPS) is 21.5. The molecule has 1 aliphatic heterocycles. The molecule has 1 aromatic carbocycles. The third kappa shape index (κ3) is 2.79. The SMILES string of the molecule is CC[C@@H](O)c1ccc(N(C)C2CCOC2)cc1. The molecule has 94 valence electrons. The van der Waals surface area contributed by atoms with E-state index in [-0.39, 0.29) is 6.10 Å². The van der Waals surface area contributed by atoms with Crippen LogP contribution in [0.2, 0.25) is 0 Å². The number of anilines is 1. The number of nitrogens with zero attached hydrogens (tertiary/aromatic N) is 1. The Morgan fingerprint density at radius 2 is 2.12 bits per heavy atom. The third-order valence-corrected chi connectivity index (χ3v) is 3.53. The first-order valence-electron chi connectivity index (χ1n) is 6.31. The molecule has 0 spiro atoms. The molecule has 17 heavy (non-hydrogen) atoms. The van der Waals surface area contributed by atoms with Crippen molar-refractivity contribution in [2.75, 3.05) is 25.2 Å². The minimum atomic E-state index is -0.343. The van der Waals surface area contributed by atoms with E-state index < -0.39 is 0 Å². The van der Waals surface area contributed by atoms with Crippen LogP contribution in [0, 0.1) is 0 Å². The van der Waals surface area contributed by atoms with Crippen LogP contribution in [0.1, 0.15) is 31.4 Å². The molecule has 0 bridgehead atoms. The van der Waals surface area contributed by atoms with Crippen molar-refractivity contribution < 1.29 is 9.84 Å². The summed E-state index contributed by atoms with van der Waals surface area (Å²) < 4.78 is 5.40. The van der Waals surface area contributed by atoms with E-state index in [1.54, 1.807) is 0 Å². The van der Waals surface area contributed by atoms with Crippen LogP contribution in [-0.4, -0.2) is 31.4 Å². The predicted octanol–water partition coefficient (Wildman–Crippen LogP) is 2.36. The molecule has 1 fully saturated rings. The molecule has 1 aromatic rings. The highest BCUT2D eigenvalue weighted by atomic mass is 16.5. The topological polar surface area (TPSA) is 32.7 Å². The molecule has 0 saturated carbocycles. The van der Waals surface area contributed by atoms with Gasteiger partial charge in [0.2, 0.25) is 0 Å². The van der Waals surface area contributed by atoms with Crippen molar-refractivity contribution in [3.8, 4) is 0 Å². The minimum absolute atomic E-state index is 0.343. The fourth-order valence-corrected chi connectivity index (χ4v) is 2.21. The Morgan fingerprint density at radius 3 is 2.65 bits per heavy atom. The van der Waals surface area contributed by atoms with Crippen LogP contribution in [0.25, 0.3) is 0 Å². The zero-order valence-electron chi connectivity index (χ0n) is 10.6. The second kappa shape index (κ2) is 5.52. The van der Waals surface area contributed by atoms with Crippen molar-refractivity contribution in [3.63, 3.8) is 0 Å². The second-order valence-corrected chi connectivity index (χ2v) is 4.64. The molecule has 2 atom stereocenters. The Bertz CT molecular complexity index is 344. The molecule has 0 aliphatic carbocycles. The van der Waals surface area contributed by atoms with E-state index in [4.69, 9.17) is 4.74 Å².